The Balaban J connectivity index is 2.53. The van der Waals surface area contributed by atoms with E-state index in [1.165, 1.54) is 0 Å². The van der Waals surface area contributed by atoms with Crippen LogP contribution in [0.15, 0.2) is 24.3 Å². The van der Waals surface area contributed by atoms with E-state index in [9.17, 15) is 4.79 Å². The third kappa shape index (κ3) is 1.65. The van der Waals surface area contributed by atoms with Crippen LogP contribution in [-0.2, 0) is 4.79 Å². The van der Waals surface area contributed by atoms with Gasteiger partial charge in [-0.2, -0.15) is 0 Å². The predicted octanol–water partition coefficient (Wildman–Crippen LogP) is 2.33. The zero-order chi connectivity index (χ0) is 11.7. The zero-order valence-electron chi connectivity index (χ0n) is 9.28. The van der Waals surface area contributed by atoms with Crippen molar-refractivity contribution in [2.24, 2.45) is 0 Å². The van der Waals surface area contributed by atoms with Crippen molar-refractivity contribution in [3.8, 4) is 0 Å². The minimum absolute atomic E-state index is 0.00161. The lowest BCUT2D eigenvalue weighted by atomic mass is 10.1. The summed E-state index contributed by atoms with van der Waals surface area (Å²) in [5.41, 5.74) is 6.80. The minimum atomic E-state index is -0.192. The van der Waals surface area contributed by atoms with E-state index in [1.807, 2.05) is 31.2 Å². The van der Waals surface area contributed by atoms with Crippen LogP contribution in [0.1, 0.15) is 17.7 Å². The molecule has 0 fully saturated rings. The summed E-state index contributed by atoms with van der Waals surface area (Å²) < 4.78 is 1.13. The van der Waals surface area contributed by atoms with Crippen LogP contribution in [0, 0.1) is 0 Å². The van der Waals surface area contributed by atoms with Crippen molar-refractivity contribution in [2.75, 3.05) is 12.8 Å². The van der Waals surface area contributed by atoms with E-state index in [0.717, 1.165) is 20.7 Å². The van der Waals surface area contributed by atoms with Gasteiger partial charge < -0.3 is 11.1 Å². The smallest absolute Gasteiger partial charge is 0.227 e. The van der Waals surface area contributed by atoms with Crippen LogP contribution in [0.25, 0.3) is 10.1 Å². The molecule has 4 heteroatoms. The summed E-state index contributed by atoms with van der Waals surface area (Å²) in [5.74, 6) is -0.194. The van der Waals surface area contributed by atoms with Gasteiger partial charge in [0.25, 0.3) is 0 Å². The molecule has 84 valence electrons. The topological polar surface area (TPSA) is 55.1 Å². The number of carbonyl (C=O) groups excluding carboxylic acids is 1. The van der Waals surface area contributed by atoms with E-state index in [2.05, 4.69) is 5.32 Å². The maximum atomic E-state index is 11.6. The maximum Gasteiger partial charge on any atom is 0.227 e. The molecular formula is C12H14N2OS. The molecule has 0 unspecified atom stereocenters. The van der Waals surface area contributed by atoms with Gasteiger partial charge in [-0.25, -0.2) is 0 Å². The Morgan fingerprint density at radius 2 is 2.12 bits per heavy atom. The van der Waals surface area contributed by atoms with Crippen molar-refractivity contribution in [1.82, 2.24) is 5.32 Å². The van der Waals surface area contributed by atoms with Crippen LogP contribution >= 0.6 is 11.3 Å². The highest BCUT2D eigenvalue weighted by atomic mass is 32.1. The molecule has 0 saturated heterocycles. The van der Waals surface area contributed by atoms with Crippen LogP contribution in [-0.4, -0.2) is 13.0 Å². The highest BCUT2D eigenvalue weighted by molar-refractivity contribution is 7.20. The van der Waals surface area contributed by atoms with Crippen molar-refractivity contribution in [2.45, 2.75) is 12.8 Å². The van der Waals surface area contributed by atoms with Crippen molar-refractivity contribution in [1.29, 1.82) is 0 Å². The number of benzene rings is 1. The molecule has 3 N–H and O–H groups in total. The number of hydrogen-bond acceptors (Lipinski definition) is 3. The van der Waals surface area contributed by atoms with Crippen molar-refractivity contribution >= 4 is 33.0 Å². The van der Waals surface area contributed by atoms with Gasteiger partial charge in [-0.3, -0.25) is 4.79 Å². The van der Waals surface area contributed by atoms with Gasteiger partial charge in [0.1, 0.15) is 0 Å². The summed E-state index contributed by atoms with van der Waals surface area (Å²) in [4.78, 5) is 12.5. The van der Waals surface area contributed by atoms with Crippen LogP contribution < -0.4 is 11.1 Å². The molecule has 0 radical (unpaired) electrons. The lowest BCUT2D eigenvalue weighted by molar-refractivity contribution is -0.121. The standard InChI is InChI=1S/C12H14N2OS/c1-7(12(15)14-2)11-10(13)8-5-3-4-6-9(8)16-11/h3-7H,13H2,1-2H3,(H,14,15)/t7-/m0/s1. The summed E-state index contributed by atoms with van der Waals surface area (Å²) in [6.07, 6.45) is 0. The summed E-state index contributed by atoms with van der Waals surface area (Å²) in [6.45, 7) is 1.87. The summed E-state index contributed by atoms with van der Waals surface area (Å²) in [6, 6.07) is 7.95. The van der Waals surface area contributed by atoms with Gasteiger partial charge in [0.05, 0.1) is 11.6 Å². The number of amides is 1. The average Bonchev–Trinajstić information content (AvgIpc) is 2.65. The van der Waals surface area contributed by atoms with Crippen molar-refractivity contribution in [3.05, 3.63) is 29.1 Å². The number of hydrogen-bond donors (Lipinski definition) is 2. The number of thiophene rings is 1. The van der Waals surface area contributed by atoms with E-state index in [1.54, 1.807) is 18.4 Å². The quantitative estimate of drug-likeness (QED) is 0.838. The Morgan fingerprint density at radius 1 is 1.44 bits per heavy atom. The molecule has 2 aromatic rings. The molecule has 16 heavy (non-hydrogen) atoms. The number of nitrogen functional groups attached to an aromatic ring is 1. The lowest BCUT2D eigenvalue weighted by Crippen LogP contribution is -2.23. The van der Waals surface area contributed by atoms with E-state index >= 15 is 0 Å². The Bertz CT molecular complexity index is 533. The van der Waals surface area contributed by atoms with E-state index in [0.29, 0.717) is 0 Å². The van der Waals surface area contributed by atoms with Crippen LogP contribution in [0.5, 0.6) is 0 Å². The van der Waals surface area contributed by atoms with Gasteiger partial charge in [-0.1, -0.05) is 18.2 Å². The highest BCUT2D eigenvalue weighted by Crippen LogP contribution is 2.37. The Kier molecular flexibility index (Phi) is 2.83. The van der Waals surface area contributed by atoms with E-state index < -0.39 is 0 Å². The molecule has 1 heterocycles. The molecule has 2 rings (SSSR count). The third-order valence-electron chi connectivity index (χ3n) is 2.70. The summed E-state index contributed by atoms with van der Waals surface area (Å²) in [7, 11) is 1.64. The van der Waals surface area contributed by atoms with E-state index in [4.69, 9.17) is 5.73 Å². The molecule has 1 aromatic heterocycles. The fourth-order valence-corrected chi connectivity index (χ4v) is 2.92. The molecule has 1 amide bonds. The Morgan fingerprint density at radius 3 is 2.75 bits per heavy atom. The van der Waals surface area contributed by atoms with Crippen LogP contribution in [0.2, 0.25) is 0 Å². The van der Waals surface area contributed by atoms with Crippen molar-refractivity contribution < 1.29 is 4.79 Å². The lowest BCUT2D eigenvalue weighted by Gasteiger charge is -2.08. The maximum absolute atomic E-state index is 11.6. The van der Waals surface area contributed by atoms with Gasteiger partial charge in [-0.05, 0) is 13.0 Å². The normalized spacial score (nSPS) is 12.6. The first-order valence-electron chi connectivity index (χ1n) is 5.13. The second-order valence-electron chi connectivity index (χ2n) is 3.71. The molecule has 0 saturated carbocycles. The molecule has 0 aliphatic carbocycles. The SMILES string of the molecule is CNC(=O)[C@@H](C)c1sc2ccccc2c1N. The monoisotopic (exact) mass is 234 g/mol. The van der Waals surface area contributed by atoms with Gasteiger partial charge in [0.2, 0.25) is 5.91 Å². The predicted molar refractivity (Wildman–Crippen MR) is 68.7 cm³/mol. The number of rotatable bonds is 2. The number of nitrogens with one attached hydrogen (secondary N) is 1. The second kappa shape index (κ2) is 4.14. The summed E-state index contributed by atoms with van der Waals surface area (Å²) >= 11 is 1.59. The fourth-order valence-electron chi connectivity index (χ4n) is 1.74. The number of carbonyl (C=O) groups is 1. The molecule has 0 bridgehead atoms. The molecule has 3 nitrogen and oxygen atoms in total. The first-order chi connectivity index (χ1) is 7.65. The largest absolute Gasteiger partial charge is 0.397 e. The first-order valence-corrected chi connectivity index (χ1v) is 5.95. The van der Waals surface area contributed by atoms with Crippen LogP contribution in [0.3, 0.4) is 0 Å². The molecule has 0 spiro atoms. The molecule has 1 aromatic carbocycles. The Labute approximate surface area is 98.3 Å². The second-order valence-corrected chi connectivity index (χ2v) is 4.80. The highest BCUT2D eigenvalue weighted by Gasteiger charge is 2.20. The van der Waals surface area contributed by atoms with Crippen molar-refractivity contribution in [3.63, 3.8) is 0 Å². The van der Waals surface area contributed by atoms with Gasteiger partial charge in [-0.15, -0.1) is 11.3 Å². The van der Waals surface area contributed by atoms with Crippen LogP contribution in [0.4, 0.5) is 5.69 Å². The number of likely N-dealkylation sites (N-methyl/N-ethyl adjacent to an activating group) is 1. The van der Waals surface area contributed by atoms with Gasteiger partial charge in [0.15, 0.2) is 0 Å². The zero-order valence-corrected chi connectivity index (χ0v) is 10.1. The molecular weight excluding hydrogens is 220 g/mol. The third-order valence-corrected chi connectivity index (χ3v) is 4.06. The van der Waals surface area contributed by atoms with Gasteiger partial charge in [0, 0.05) is 22.0 Å². The minimum Gasteiger partial charge on any atom is -0.397 e. The number of nitrogens with two attached hydrogens (primary N) is 1. The first kappa shape index (κ1) is 11.0. The average molecular weight is 234 g/mol. The molecule has 1 atom stereocenters. The molecule has 0 aliphatic heterocycles. The number of anilines is 1. The Hall–Kier alpha value is -1.55. The van der Waals surface area contributed by atoms with E-state index in [-0.39, 0.29) is 11.8 Å². The fraction of sp³-hybridized carbons (Fsp3) is 0.250. The molecule has 0 aliphatic rings. The van der Waals surface area contributed by atoms with Gasteiger partial charge >= 0.3 is 0 Å². The number of fused-ring (bicyclic) bond motifs is 1. The summed E-state index contributed by atoms with van der Waals surface area (Å²) in [5, 5.41) is 3.69.